The number of hydrogen-bond donors (Lipinski definition) is 1. The van der Waals surface area contributed by atoms with Crippen LogP contribution in [0.4, 0.5) is 5.69 Å². The van der Waals surface area contributed by atoms with Crippen molar-refractivity contribution in [3.05, 3.63) is 78.9 Å². The van der Waals surface area contributed by atoms with Gasteiger partial charge < -0.3 is 5.73 Å². The molecule has 2 N–H and O–H groups in total. The SMILES string of the molecule is C/C=C\C=C/C.CC.Nc1ccc(-c2ccccc2)cc1. The molecule has 0 aliphatic heterocycles. The Morgan fingerprint density at radius 2 is 1.10 bits per heavy atom. The van der Waals surface area contributed by atoms with Gasteiger partial charge in [0.15, 0.2) is 0 Å². The molecule has 1 nitrogen and oxygen atoms in total. The Morgan fingerprint density at radius 1 is 0.667 bits per heavy atom. The second-order valence-electron chi connectivity index (χ2n) is 4.04. The Labute approximate surface area is 129 Å². The lowest BCUT2D eigenvalue weighted by Crippen LogP contribution is -1.83. The molecule has 1 heteroatoms. The van der Waals surface area contributed by atoms with E-state index in [2.05, 4.69) is 12.1 Å². The zero-order valence-corrected chi connectivity index (χ0v) is 13.6. The summed E-state index contributed by atoms with van der Waals surface area (Å²) in [5.74, 6) is 0. The minimum absolute atomic E-state index is 0.805. The maximum absolute atomic E-state index is 5.60. The van der Waals surface area contributed by atoms with Gasteiger partial charge in [-0.15, -0.1) is 0 Å². The van der Waals surface area contributed by atoms with E-state index in [1.165, 1.54) is 11.1 Å². The van der Waals surface area contributed by atoms with Crippen molar-refractivity contribution in [2.75, 3.05) is 5.73 Å². The van der Waals surface area contributed by atoms with Crippen LogP contribution < -0.4 is 5.73 Å². The molecule has 0 radical (unpaired) electrons. The Morgan fingerprint density at radius 3 is 1.52 bits per heavy atom. The first-order chi connectivity index (χ1) is 10.3. The number of rotatable bonds is 2. The Bertz CT molecular complexity index is 497. The minimum Gasteiger partial charge on any atom is -0.399 e. The minimum atomic E-state index is 0.805. The second-order valence-corrected chi connectivity index (χ2v) is 4.04. The van der Waals surface area contributed by atoms with Gasteiger partial charge in [0.05, 0.1) is 0 Å². The van der Waals surface area contributed by atoms with Crippen LogP contribution in [-0.4, -0.2) is 0 Å². The van der Waals surface area contributed by atoms with Gasteiger partial charge in [-0.1, -0.05) is 80.6 Å². The van der Waals surface area contributed by atoms with Crippen LogP contribution >= 0.6 is 0 Å². The van der Waals surface area contributed by atoms with Crippen molar-refractivity contribution in [3.63, 3.8) is 0 Å². The first-order valence-corrected chi connectivity index (χ1v) is 7.43. The highest BCUT2D eigenvalue weighted by Crippen LogP contribution is 2.19. The molecule has 0 amide bonds. The maximum atomic E-state index is 5.60. The predicted octanol–water partition coefficient (Wildman–Crippen LogP) is 6.10. The molecule has 0 aliphatic carbocycles. The van der Waals surface area contributed by atoms with Crippen molar-refractivity contribution in [2.24, 2.45) is 0 Å². The van der Waals surface area contributed by atoms with Crippen molar-refractivity contribution >= 4 is 5.69 Å². The molecule has 21 heavy (non-hydrogen) atoms. The topological polar surface area (TPSA) is 26.0 Å². The average molecular weight is 281 g/mol. The number of nitrogen functional groups attached to an aromatic ring is 1. The summed E-state index contributed by atoms with van der Waals surface area (Å²) in [7, 11) is 0. The summed E-state index contributed by atoms with van der Waals surface area (Å²) in [5, 5.41) is 0. The summed E-state index contributed by atoms with van der Waals surface area (Å²) in [5.41, 5.74) is 8.84. The number of anilines is 1. The van der Waals surface area contributed by atoms with Crippen LogP contribution in [0.15, 0.2) is 78.9 Å². The van der Waals surface area contributed by atoms with Crippen LogP contribution in [0.1, 0.15) is 27.7 Å². The molecule has 0 atom stereocenters. The van der Waals surface area contributed by atoms with Gasteiger partial charge in [0.2, 0.25) is 0 Å². The molecule has 0 spiro atoms. The fourth-order valence-electron chi connectivity index (χ4n) is 1.53. The third-order valence-corrected chi connectivity index (χ3v) is 2.51. The van der Waals surface area contributed by atoms with E-state index < -0.39 is 0 Å². The number of nitrogens with two attached hydrogens (primary N) is 1. The fraction of sp³-hybridized carbons (Fsp3) is 0.200. The van der Waals surface area contributed by atoms with E-state index in [0.717, 1.165) is 5.69 Å². The van der Waals surface area contributed by atoms with E-state index in [1.54, 1.807) is 0 Å². The molecular weight excluding hydrogens is 254 g/mol. The molecule has 112 valence electrons. The summed E-state index contributed by atoms with van der Waals surface area (Å²) in [6, 6.07) is 18.2. The summed E-state index contributed by atoms with van der Waals surface area (Å²) >= 11 is 0. The maximum Gasteiger partial charge on any atom is 0.0314 e. The molecule has 0 heterocycles. The van der Waals surface area contributed by atoms with Crippen molar-refractivity contribution in [1.29, 1.82) is 0 Å². The molecule has 2 aromatic rings. The first-order valence-electron chi connectivity index (χ1n) is 7.43. The number of allylic oxidation sites excluding steroid dienone is 4. The normalized spacial score (nSPS) is 9.71. The molecule has 0 aliphatic rings. The van der Waals surface area contributed by atoms with Crippen LogP contribution in [0, 0.1) is 0 Å². The van der Waals surface area contributed by atoms with E-state index in [-0.39, 0.29) is 0 Å². The van der Waals surface area contributed by atoms with Crippen molar-refractivity contribution in [2.45, 2.75) is 27.7 Å². The first kappa shape index (κ1) is 18.7. The van der Waals surface area contributed by atoms with Gasteiger partial charge in [0.25, 0.3) is 0 Å². The van der Waals surface area contributed by atoms with Gasteiger partial charge in [0.1, 0.15) is 0 Å². The summed E-state index contributed by atoms with van der Waals surface area (Å²) in [4.78, 5) is 0. The molecule has 0 saturated carbocycles. The standard InChI is InChI=1S/C12H11N.C6H10.C2H6/c13-12-8-6-11(7-9-12)10-4-2-1-3-5-10;1-3-5-6-4-2;1-2/h1-9H,13H2;3-6H,1-2H3;1-2H3/b;5-3-,6-4-;. The van der Waals surface area contributed by atoms with E-state index in [0.29, 0.717) is 0 Å². The van der Waals surface area contributed by atoms with Crippen LogP contribution in [0.3, 0.4) is 0 Å². The number of hydrogen-bond acceptors (Lipinski definition) is 1. The third-order valence-electron chi connectivity index (χ3n) is 2.51. The lowest BCUT2D eigenvalue weighted by molar-refractivity contribution is 1.50. The average Bonchev–Trinajstić information content (AvgIpc) is 2.57. The zero-order valence-electron chi connectivity index (χ0n) is 13.6. The van der Waals surface area contributed by atoms with Gasteiger partial charge in [-0.3, -0.25) is 0 Å². The third kappa shape index (κ3) is 8.48. The number of benzene rings is 2. The molecule has 0 saturated heterocycles. The van der Waals surface area contributed by atoms with Crippen LogP contribution in [0.25, 0.3) is 11.1 Å². The highest BCUT2D eigenvalue weighted by molar-refractivity contribution is 5.65. The molecule has 0 fully saturated rings. The lowest BCUT2D eigenvalue weighted by atomic mass is 10.1. The Hall–Kier alpha value is -2.28. The highest BCUT2D eigenvalue weighted by atomic mass is 14.5. The van der Waals surface area contributed by atoms with E-state index in [1.807, 2.05) is 94.5 Å². The quantitative estimate of drug-likeness (QED) is 0.522. The monoisotopic (exact) mass is 281 g/mol. The highest BCUT2D eigenvalue weighted by Gasteiger charge is 1.94. The lowest BCUT2D eigenvalue weighted by Gasteiger charge is -2.00. The Kier molecular flexibility index (Phi) is 11.4. The summed E-state index contributed by atoms with van der Waals surface area (Å²) in [6.07, 6.45) is 8.00. The van der Waals surface area contributed by atoms with E-state index in [4.69, 9.17) is 5.73 Å². The molecule has 0 unspecified atom stereocenters. The van der Waals surface area contributed by atoms with Crippen molar-refractivity contribution in [3.8, 4) is 11.1 Å². The Balaban J connectivity index is 0.000000427. The van der Waals surface area contributed by atoms with Gasteiger partial charge in [-0.05, 0) is 37.1 Å². The van der Waals surface area contributed by atoms with E-state index in [9.17, 15) is 0 Å². The van der Waals surface area contributed by atoms with Crippen molar-refractivity contribution < 1.29 is 0 Å². The smallest absolute Gasteiger partial charge is 0.0314 e. The van der Waals surface area contributed by atoms with Crippen molar-refractivity contribution in [1.82, 2.24) is 0 Å². The molecule has 0 aromatic heterocycles. The van der Waals surface area contributed by atoms with Gasteiger partial charge in [-0.2, -0.15) is 0 Å². The summed E-state index contributed by atoms with van der Waals surface area (Å²) in [6.45, 7) is 8.00. The van der Waals surface area contributed by atoms with Crippen LogP contribution in [0.2, 0.25) is 0 Å². The van der Waals surface area contributed by atoms with Gasteiger partial charge in [0, 0.05) is 5.69 Å². The molecular formula is C20H27N. The van der Waals surface area contributed by atoms with Crippen LogP contribution in [0.5, 0.6) is 0 Å². The molecule has 2 aromatic carbocycles. The fourth-order valence-corrected chi connectivity index (χ4v) is 1.53. The molecule has 2 rings (SSSR count). The predicted molar refractivity (Wildman–Crippen MR) is 97.3 cm³/mol. The zero-order chi connectivity index (χ0) is 15.9. The van der Waals surface area contributed by atoms with Crippen LogP contribution in [-0.2, 0) is 0 Å². The summed E-state index contributed by atoms with van der Waals surface area (Å²) < 4.78 is 0. The van der Waals surface area contributed by atoms with E-state index >= 15 is 0 Å². The molecule has 0 bridgehead atoms. The van der Waals surface area contributed by atoms with Gasteiger partial charge in [-0.25, -0.2) is 0 Å². The van der Waals surface area contributed by atoms with Gasteiger partial charge >= 0.3 is 0 Å². The largest absolute Gasteiger partial charge is 0.399 e. The second kappa shape index (κ2) is 12.7.